The van der Waals surface area contributed by atoms with Crippen molar-refractivity contribution >= 4 is 0 Å². The highest BCUT2D eigenvalue weighted by Gasteiger charge is 2.30. The monoisotopic (exact) mass is 185 g/mol. The maximum Gasteiger partial charge on any atom is 0.0753 e. The lowest BCUT2D eigenvalue weighted by molar-refractivity contribution is -0.0569. The molecule has 2 saturated heterocycles. The third-order valence-corrected chi connectivity index (χ3v) is 3.12. The summed E-state index contributed by atoms with van der Waals surface area (Å²) in [6.07, 6.45) is 1.61. The normalized spacial score (nSPS) is 36.7. The molecule has 2 rings (SSSR count). The molecular formula is C10H19NO2. The smallest absolute Gasteiger partial charge is 0.0753 e. The minimum atomic E-state index is 0.427. The van der Waals surface area contributed by atoms with Gasteiger partial charge < -0.3 is 9.47 Å². The van der Waals surface area contributed by atoms with Crippen LogP contribution in [0.2, 0.25) is 0 Å². The fraction of sp³-hybridized carbons (Fsp3) is 1.00. The second-order valence-corrected chi connectivity index (χ2v) is 3.93. The van der Waals surface area contributed by atoms with Gasteiger partial charge in [0, 0.05) is 25.6 Å². The number of ether oxygens (including phenoxy) is 2. The third-order valence-electron chi connectivity index (χ3n) is 3.12. The Bertz CT molecular complexity index is 157. The first-order valence-electron chi connectivity index (χ1n) is 5.32. The van der Waals surface area contributed by atoms with Crippen molar-refractivity contribution in [2.24, 2.45) is 5.92 Å². The van der Waals surface area contributed by atoms with E-state index in [2.05, 4.69) is 11.8 Å². The molecule has 0 radical (unpaired) electrons. The SMILES string of the molecule is CCN1CCOC(C2CCOC2)C1. The first kappa shape index (κ1) is 9.44. The zero-order valence-corrected chi connectivity index (χ0v) is 8.37. The van der Waals surface area contributed by atoms with E-state index in [9.17, 15) is 0 Å². The minimum Gasteiger partial charge on any atom is -0.381 e. The van der Waals surface area contributed by atoms with Crippen LogP contribution in [0.5, 0.6) is 0 Å². The van der Waals surface area contributed by atoms with Crippen LogP contribution < -0.4 is 0 Å². The molecule has 3 heteroatoms. The lowest BCUT2D eigenvalue weighted by Crippen LogP contribution is -2.45. The molecule has 0 saturated carbocycles. The number of hydrogen-bond donors (Lipinski definition) is 0. The van der Waals surface area contributed by atoms with Crippen molar-refractivity contribution in [3.05, 3.63) is 0 Å². The molecule has 0 amide bonds. The second-order valence-electron chi connectivity index (χ2n) is 3.93. The molecule has 13 heavy (non-hydrogen) atoms. The number of hydrogen-bond acceptors (Lipinski definition) is 3. The molecule has 2 atom stereocenters. The van der Waals surface area contributed by atoms with Gasteiger partial charge in [-0.05, 0) is 13.0 Å². The highest BCUT2D eigenvalue weighted by Crippen LogP contribution is 2.21. The molecule has 2 heterocycles. The van der Waals surface area contributed by atoms with E-state index in [1.807, 2.05) is 0 Å². The van der Waals surface area contributed by atoms with Crippen LogP contribution in [0.15, 0.2) is 0 Å². The molecule has 0 spiro atoms. The van der Waals surface area contributed by atoms with Crippen molar-refractivity contribution in [1.82, 2.24) is 4.90 Å². The van der Waals surface area contributed by atoms with E-state index in [0.717, 1.165) is 39.5 Å². The average molecular weight is 185 g/mol. The van der Waals surface area contributed by atoms with E-state index in [1.54, 1.807) is 0 Å². The fourth-order valence-electron chi connectivity index (χ4n) is 2.15. The van der Waals surface area contributed by atoms with Gasteiger partial charge in [0.15, 0.2) is 0 Å². The molecule has 0 aromatic rings. The van der Waals surface area contributed by atoms with Gasteiger partial charge in [0.05, 0.1) is 19.3 Å². The lowest BCUT2D eigenvalue weighted by Gasteiger charge is -2.34. The number of morpholine rings is 1. The Hall–Kier alpha value is -0.120. The van der Waals surface area contributed by atoms with Gasteiger partial charge in [-0.3, -0.25) is 4.90 Å². The van der Waals surface area contributed by atoms with E-state index >= 15 is 0 Å². The number of nitrogens with zero attached hydrogens (tertiary/aromatic N) is 1. The summed E-state index contributed by atoms with van der Waals surface area (Å²) in [5.74, 6) is 0.648. The van der Waals surface area contributed by atoms with E-state index in [1.165, 1.54) is 6.42 Å². The van der Waals surface area contributed by atoms with Crippen LogP contribution in [0.3, 0.4) is 0 Å². The predicted octanol–water partition coefficient (Wildman–Crippen LogP) is 0.744. The van der Waals surface area contributed by atoms with Gasteiger partial charge >= 0.3 is 0 Å². The highest BCUT2D eigenvalue weighted by molar-refractivity contribution is 4.79. The molecule has 2 aliphatic rings. The largest absolute Gasteiger partial charge is 0.381 e. The van der Waals surface area contributed by atoms with Gasteiger partial charge in [0.1, 0.15) is 0 Å². The molecule has 2 unspecified atom stereocenters. The van der Waals surface area contributed by atoms with Crippen LogP contribution in [0.1, 0.15) is 13.3 Å². The van der Waals surface area contributed by atoms with Gasteiger partial charge in [-0.15, -0.1) is 0 Å². The summed E-state index contributed by atoms with van der Waals surface area (Å²) in [6, 6.07) is 0. The first-order chi connectivity index (χ1) is 6.40. The summed E-state index contributed by atoms with van der Waals surface area (Å²) in [5, 5.41) is 0. The van der Waals surface area contributed by atoms with Gasteiger partial charge in [0.25, 0.3) is 0 Å². The van der Waals surface area contributed by atoms with Crippen LogP contribution in [-0.4, -0.2) is 50.5 Å². The van der Waals surface area contributed by atoms with E-state index in [4.69, 9.17) is 9.47 Å². The Kier molecular flexibility index (Phi) is 3.19. The summed E-state index contributed by atoms with van der Waals surface area (Å²) >= 11 is 0. The third kappa shape index (κ3) is 2.22. The highest BCUT2D eigenvalue weighted by atomic mass is 16.5. The maximum absolute atomic E-state index is 5.77. The van der Waals surface area contributed by atoms with Gasteiger partial charge in [0.2, 0.25) is 0 Å². The Morgan fingerprint density at radius 3 is 3.00 bits per heavy atom. The molecule has 2 fully saturated rings. The van der Waals surface area contributed by atoms with Crippen LogP contribution in [0.25, 0.3) is 0 Å². The van der Waals surface area contributed by atoms with Crippen molar-refractivity contribution < 1.29 is 9.47 Å². The van der Waals surface area contributed by atoms with E-state index < -0.39 is 0 Å². The van der Waals surface area contributed by atoms with Gasteiger partial charge in [-0.1, -0.05) is 6.92 Å². The van der Waals surface area contributed by atoms with Crippen molar-refractivity contribution in [2.75, 3.05) is 39.5 Å². The van der Waals surface area contributed by atoms with Crippen molar-refractivity contribution in [1.29, 1.82) is 0 Å². The standard InChI is InChI=1S/C10H19NO2/c1-2-11-4-6-13-10(7-11)9-3-5-12-8-9/h9-10H,2-8H2,1H3. The van der Waals surface area contributed by atoms with E-state index in [0.29, 0.717) is 12.0 Å². The number of likely N-dealkylation sites (N-methyl/N-ethyl adjacent to an activating group) is 1. The molecule has 0 aliphatic carbocycles. The summed E-state index contributed by atoms with van der Waals surface area (Å²) < 4.78 is 11.2. The number of rotatable bonds is 2. The average Bonchev–Trinajstić information content (AvgIpc) is 2.71. The molecular weight excluding hydrogens is 166 g/mol. The first-order valence-corrected chi connectivity index (χ1v) is 5.32. The zero-order chi connectivity index (χ0) is 9.10. The predicted molar refractivity (Wildman–Crippen MR) is 50.8 cm³/mol. The second kappa shape index (κ2) is 4.40. The summed E-state index contributed by atoms with van der Waals surface area (Å²) in [7, 11) is 0. The molecule has 0 aromatic carbocycles. The zero-order valence-electron chi connectivity index (χ0n) is 8.37. The molecule has 0 aromatic heterocycles. The van der Waals surface area contributed by atoms with E-state index in [-0.39, 0.29) is 0 Å². The van der Waals surface area contributed by atoms with Crippen molar-refractivity contribution in [3.63, 3.8) is 0 Å². The quantitative estimate of drug-likeness (QED) is 0.633. The summed E-state index contributed by atoms with van der Waals surface area (Å²) in [5.41, 5.74) is 0. The van der Waals surface area contributed by atoms with Crippen LogP contribution in [-0.2, 0) is 9.47 Å². The summed E-state index contributed by atoms with van der Waals surface area (Å²) in [4.78, 5) is 2.46. The topological polar surface area (TPSA) is 21.7 Å². The Morgan fingerprint density at radius 1 is 1.38 bits per heavy atom. The molecule has 3 nitrogen and oxygen atoms in total. The Labute approximate surface area is 80.0 Å². The lowest BCUT2D eigenvalue weighted by atomic mass is 10.0. The fourth-order valence-corrected chi connectivity index (χ4v) is 2.15. The molecule has 2 aliphatic heterocycles. The van der Waals surface area contributed by atoms with Crippen LogP contribution >= 0.6 is 0 Å². The minimum absolute atomic E-state index is 0.427. The van der Waals surface area contributed by atoms with Crippen molar-refractivity contribution in [3.8, 4) is 0 Å². The van der Waals surface area contributed by atoms with Crippen molar-refractivity contribution in [2.45, 2.75) is 19.4 Å². The summed E-state index contributed by atoms with van der Waals surface area (Å²) in [6.45, 7) is 8.29. The molecule has 0 bridgehead atoms. The van der Waals surface area contributed by atoms with Crippen LogP contribution in [0, 0.1) is 5.92 Å². The van der Waals surface area contributed by atoms with Gasteiger partial charge in [-0.2, -0.15) is 0 Å². The Balaban J connectivity index is 1.84. The van der Waals surface area contributed by atoms with Gasteiger partial charge in [-0.25, -0.2) is 0 Å². The maximum atomic E-state index is 5.77. The van der Waals surface area contributed by atoms with Crippen LogP contribution in [0.4, 0.5) is 0 Å². The molecule has 76 valence electrons. The Morgan fingerprint density at radius 2 is 2.31 bits per heavy atom. The molecule has 0 N–H and O–H groups in total.